The molecular weight excluding hydrogens is 250 g/mol. The van der Waals surface area contributed by atoms with Crippen molar-refractivity contribution in [3.8, 4) is 0 Å². The van der Waals surface area contributed by atoms with Gasteiger partial charge in [0.05, 0.1) is 5.01 Å². The number of amides is 2. The molecule has 1 atom stereocenters. The second-order valence-corrected chi connectivity index (χ2v) is 5.52. The second kappa shape index (κ2) is 6.70. The highest BCUT2D eigenvalue weighted by molar-refractivity contribution is 7.09. The largest absolute Gasteiger partial charge is 0.396 e. The number of aliphatic hydroxyl groups excluding tert-OH is 1. The number of thiazole rings is 1. The molecule has 1 fully saturated rings. The summed E-state index contributed by atoms with van der Waals surface area (Å²) in [5.41, 5.74) is 0. The molecule has 2 amide bonds. The third kappa shape index (κ3) is 3.68. The van der Waals surface area contributed by atoms with Crippen molar-refractivity contribution in [3.63, 3.8) is 0 Å². The van der Waals surface area contributed by atoms with Gasteiger partial charge in [-0.05, 0) is 18.8 Å². The van der Waals surface area contributed by atoms with E-state index < -0.39 is 0 Å². The van der Waals surface area contributed by atoms with Crippen molar-refractivity contribution in [2.45, 2.75) is 19.3 Å². The molecule has 1 aromatic rings. The summed E-state index contributed by atoms with van der Waals surface area (Å²) in [5.74, 6) is 0.239. The monoisotopic (exact) mass is 269 g/mol. The van der Waals surface area contributed by atoms with Crippen molar-refractivity contribution in [2.24, 2.45) is 5.92 Å². The fourth-order valence-corrected chi connectivity index (χ4v) is 2.78. The van der Waals surface area contributed by atoms with E-state index in [2.05, 4.69) is 10.3 Å². The van der Waals surface area contributed by atoms with Crippen LogP contribution in [0.3, 0.4) is 0 Å². The van der Waals surface area contributed by atoms with Crippen LogP contribution < -0.4 is 5.32 Å². The predicted molar refractivity (Wildman–Crippen MR) is 70.6 cm³/mol. The maximum atomic E-state index is 11.9. The Morgan fingerprint density at radius 2 is 2.56 bits per heavy atom. The molecule has 1 aromatic heterocycles. The minimum atomic E-state index is -0.0234. The number of hydrogen-bond acceptors (Lipinski definition) is 4. The van der Waals surface area contributed by atoms with E-state index in [1.54, 1.807) is 22.4 Å². The summed E-state index contributed by atoms with van der Waals surface area (Å²) in [6.07, 6.45) is 4.55. The van der Waals surface area contributed by atoms with Crippen LogP contribution in [0.2, 0.25) is 0 Å². The number of rotatable bonds is 4. The number of carbonyl (C=O) groups excluding carboxylic acids is 1. The van der Waals surface area contributed by atoms with Gasteiger partial charge in [-0.1, -0.05) is 0 Å². The van der Waals surface area contributed by atoms with E-state index in [9.17, 15) is 4.79 Å². The van der Waals surface area contributed by atoms with Crippen molar-refractivity contribution in [3.05, 3.63) is 16.6 Å². The van der Waals surface area contributed by atoms with Gasteiger partial charge in [0.25, 0.3) is 0 Å². The Labute approximate surface area is 111 Å². The standard InChI is InChI=1S/C12H19N3O2S/c16-9-10-2-1-6-15(8-10)12(17)14-4-3-11-13-5-7-18-11/h5,7,10,16H,1-4,6,8-9H2,(H,14,17). The lowest BCUT2D eigenvalue weighted by atomic mass is 9.99. The molecule has 18 heavy (non-hydrogen) atoms. The molecule has 1 aliphatic rings. The summed E-state index contributed by atoms with van der Waals surface area (Å²) >= 11 is 1.61. The van der Waals surface area contributed by atoms with Gasteiger partial charge in [0.1, 0.15) is 0 Å². The van der Waals surface area contributed by atoms with Crippen LogP contribution in [0.15, 0.2) is 11.6 Å². The van der Waals surface area contributed by atoms with E-state index in [-0.39, 0.29) is 18.6 Å². The minimum Gasteiger partial charge on any atom is -0.396 e. The molecule has 1 saturated heterocycles. The third-order valence-electron chi connectivity index (χ3n) is 3.16. The molecule has 1 aliphatic heterocycles. The van der Waals surface area contributed by atoms with Crippen molar-refractivity contribution in [1.29, 1.82) is 0 Å². The zero-order chi connectivity index (χ0) is 12.8. The Balaban J connectivity index is 1.70. The molecule has 2 N–H and O–H groups in total. The van der Waals surface area contributed by atoms with E-state index in [0.717, 1.165) is 30.8 Å². The molecule has 5 nitrogen and oxygen atoms in total. The van der Waals surface area contributed by atoms with E-state index in [0.29, 0.717) is 13.1 Å². The first-order valence-electron chi connectivity index (χ1n) is 6.31. The predicted octanol–water partition coefficient (Wildman–Crippen LogP) is 1.10. The Hall–Kier alpha value is -1.14. The molecule has 2 heterocycles. The Bertz CT molecular complexity index is 369. The number of likely N-dealkylation sites (tertiary alicyclic amines) is 1. The third-order valence-corrected chi connectivity index (χ3v) is 4.00. The molecule has 1 unspecified atom stereocenters. The average Bonchev–Trinajstić information content (AvgIpc) is 2.92. The normalized spacial score (nSPS) is 19.8. The van der Waals surface area contributed by atoms with Crippen molar-refractivity contribution >= 4 is 17.4 Å². The van der Waals surface area contributed by atoms with Gasteiger partial charge in [-0.25, -0.2) is 9.78 Å². The van der Waals surface area contributed by atoms with Gasteiger partial charge in [-0.2, -0.15) is 0 Å². The minimum absolute atomic E-state index is 0.0234. The first-order valence-corrected chi connectivity index (χ1v) is 7.19. The first kappa shape index (κ1) is 13.3. The Kier molecular flexibility index (Phi) is 4.95. The fraction of sp³-hybridized carbons (Fsp3) is 0.667. The van der Waals surface area contributed by atoms with Gasteiger partial charge in [0, 0.05) is 44.2 Å². The maximum absolute atomic E-state index is 11.9. The molecule has 0 saturated carbocycles. The summed E-state index contributed by atoms with van der Waals surface area (Å²) < 4.78 is 0. The highest BCUT2D eigenvalue weighted by atomic mass is 32.1. The quantitative estimate of drug-likeness (QED) is 0.860. The lowest BCUT2D eigenvalue weighted by Crippen LogP contribution is -2.46. The van der Waals surface area contributed by atoms with E-state index in [1.807, 2.05) is 5.38 Å². The van der Waals surface area contributed by atoms with Crippen molar-refractivity contribution < 1.29 is 9.90 Å². The summed E-state index contributed by atoms with van der Waals surface area (Å²) in [5, 5.41) is 15.0. The number of urea groups is 1. The van der Waals surface area contributed by atoms with Crippen LogP contribution in [0.1, 0.15) is 17.8 Å². The van der Waals surface area contributed by atoms with Crippen LogP contribution in [0.25, 0.3) is 0 Å². The summed E-state index contributed by atoms with van der Waals surface area (Å²) in [7, 11) is 0. The van der Waals surface area contributed by atoms with E-state index >= 15 is 0 Å². The number of carbonyl (C=O) groups is 1. The van der Waals surface area contributed by atoms with Crippen LogP contribution in [-0.4, -0.2) is 47.3 Å². The molecular formula is C12H19N3O2S. The number of nitrogens with one attached hydrogen (secondary N) is 1. The van der Waals surface area contributed by atoms with Crippen LogP contribution in [0.5, 0.6) is 0 Å². The van der Waals surface area contributed by atoms with E-state index in [4.69, 9.17) is 5.11 Å². The summed E-state index contributed by atoms with van der Waals surface area (Å²) in [4.78, 5) is 17.9. The Morgan fingerprint density at radius 1 is 1.67 bits per heavy atom. The van der Waals surface area contributed by atoms with Crippen LogP contribution >= 0.6 is 11.3 Å². The van der Waals surface area contributed by atoms with Gasteiger partial charge < -0.3 is 15.3 Å². The van der Waals surface area contributed by atoms with Gasteiger partial charge in [0.15, 0.2) is 0 Å². The zero-order valence-electron chi connectivity index (χ0n) is 10.3. The second-order valence-electron chi connectivity index (χ2n) is 4.54. The maximum Gasteiger partial charge on any atom is 0.317 e. The first-order chi connectivity index (χ1) is 8.79. The molecule has 0 bridgehead atoms. The van der Waals surface area contributed by atoms with Gasteiger partial charge in [0.2, 0.25) is 0 Å². The number of nitrogens with zero attached hydrogens (tertiary/aromatic N) is 2. The fourth-order valence-electron chi connectivity index (χ4n) is 2.16. The summed E-state index contributed by atoms with van der Waals surface area (Å²) in [6.45, 7) is 2.24. The van der Waals surface area contributed by atoms with Crippen LogP contribution in [0, 0.1) is 5.92 Å². The van der Waals surface area contributed by atoms with Gasteiger partial charge in [-0.3, -0.25) is 0 Å². The topological polar surface area (TPSA) is 65.5 Å². The number of aromatic nitrogens is 1. The Morgan fingerprint density at radius 3 is 3.28 bits per heavy atom. The molecule has 2 rings (SSSR count). The van der Waals surface area contributed by atoms with Crippen molar-refractivity contribution in [1.82, 2.24) is 15.2 Å². The van der Waals surface area contributed by atoms with Crippen LogP contribution in [0.4, 0.5) is 4.79 Å². The highest BCUT2D eigenvalue weighted by Crippen LogP contribution is 2.15. The molecule has 0 radical (unpaired) electrons. The zero-order valence-corrected chi connectivity index (χ0v) is 11.2. The lowest BCUT2D eigenvalue weighted by molar-refractivity contribution is 0.129. The highest BCUT2D eigenvalue weighted by Gasteiger charge is 2.22. The number of piperidine rings is 1. The number of hydrogen-bond donors (Lipinski definition) is 2. The smallest absolute Gasteiger partial charge is 0.317 e. The van der Waals surface area contributed by atoms with Gasteiger partial charge in [-0.15, -0.1) is 11.3 Å². The molecule has 100 valence electrons. The molecule has 0 aromatic carbocycles. The van der Waals surface area contributed by atoms with Crippen LogP contribution in [-0.2, 0) is 6.42 Å². The molecule has 6 heteroatoms. The molecule has 0 spiro atoms. The van der Waals surface area contributed by atoms with Crippen molar-refractivity contribution in [2.75, 3.05) is 26.2 Å². The SMILES string of the molecule is O=C(NCCc1nccs1)N1CCCC(CO)C1. The number of aliphatic hydroxyl groups is 1. The van der Waals surface area contributed by atoms with Gasteiger partial charge >= 0.3 is 6.03 Å². The molecule has 0 aliphatic carbocycles. The summed E-state index contributed by atoms with van der Waals surface area (Å²) in [6, 6.07) is -0.0234. The average molecular weight is 269 g/mol. The lowest BCUT2D eigenvalue weighted by Gasteiger charge is -2.31. The van der Waals surface area contributed by atoms with E-state index in [1.165, 1.54) is 0 Å².